The number of benzene rings is 1. The van der Waals surface area contributed by atoms with E-state index in [4.69, 9.17) is 4.74 Å². The number of aryl methyl sites for hydroxylation is 1. The third-order valence-electron chi connectivity index (χ3n) is 3.87. The first kappa shape index (κ1) is 12.9. The number of nitrogens with zero attached hydrogens (tertiary/aromatic N) is 1. The van der Waals surface area contributed by atoms with Crippen molar-refractivity contribution in [2.24, 2.45) is 5.92 Å². The maximum absolute atomic E-state index is 11.6. The number of carbonyl (C=O) groups is 1. The highest BCUT2D eigenvalue weighted by molar-refractivity contribution is 5.73. The van der Waals surface area contributed by atoms with Gasteiger partial charge in [0.25, 0.3) is 0 Å². The molecule has 2 rings (SSSR count). The van der Waals surface area contributed by atoms with Gasteiger partial charge in [-0.25, -0.2) is 0 Å². The molecule has 98 valence electrons. The smallest absolute Gasteiger partial charge is 0.310 e. The van der Waals surface area contributed by atoms with Crippen LogP contribution in [0.25, 0.3) is 0 Å². The summed E-state index contributed by atoms with van der Waals surface area (Å²) >= 11 is 0. The standard InChI is InChI=1S/C15H21NO2/c1-11-6-4-8-14(12(11)2)16-9-5-7-13(10-16)15(17)18-3/h4,6,8,13H,5,7,9-10H2,1-3H3. The molecule has 1 heterocycles. The van der Waals surface area contributed by atoms with Crippen LogP contribution in [0.1, 0.15) is 24.0 Å². The topological polar surface area (TPSA) is 29.5 Å². The van der Waals surface area contributed by atoms with Crippen molar-refractivity contribution in [2.75, 3.05) is 25.1 Å². The van der Waals surface area contributed by atoms with Crippen molar-refractivity contribution >= 4 is 11.7 Å². The zero-order valence-electron chi connectivity index (χ0n) is 11.4. The quantitative estimate of drug-likeness (QED) is 0.753. The Morgan fingerprint density at radius 2 is 2.17 bits per heavy atom. The molecule has 1 saturated heterocycles. The van der Waals surface area contributed by atoms with E-state index in [9.17, 15) is 4.79 Å². The number of anilines is 1. The lowest BCUT2D eigenvalue weighted by atomic mass is 9.96. The third kappa shape index (κ3) is 2.50. The average Bonchev–Trinajstić information content (AvgIpc) is 2.41. The van der Waals surface area contributed by atoms with Crippen LogP contribution in [0.15, 0.2) is 18.2 Å². The van der Waals surface area contributed by atoms with Crippen molar-refractivity contribution in [3.8, 4) is 0 Å². The van der Waals surface area contributed by atoms with Gasteiger partial charge in [0.1, 0.15) is 0 Å². The van der Waals surface area contributed by atoms with Gasteiger partial charge >= 0.3 is 5.97 Å². The number of hydrogen-bond acceptors (Lipinski definition) is 3. The van der Waals surface area contributed by atoms with Crippen LogP contribution in [0.3, 0.4) is 0 Å². The van der Waals surface area contributed by atoms with Crippen LogP contribution in [0.5, 0.6) is 0 Å². The molecule has 0 aliphatic carbocycles. The molecule has 0 saturated carbocycles. The summed E-state index contributed by atoms with van der Waals surface area (Å²) in [5.74, 6) is -0.0614. The van der Waals surface area contributed by atoms with Crippen LogP contribution in [-0.2, 0) is 9.53 Å². The predicted octanol–water partition coefficient (Wildman–Crippen LogP) is 2.69. The van der Waals surface area contributed by atoms with Crippen LogP contribution in [-0.4, -0.2) is 26.2 Å². The summed E-state index contributed by atoms with van der Waals surface area (Å²) in [6, 6.07) is 6.35. The predicted molar refractivity (Wildman–Crippen MR) is 72.9 cm³/mol. The van der Waals surface area contributed by atoms with Crippen LogP contribution in [0.2, 0.25) is 0 Å². The molecule has 1 atom stereocenters. The van der Waals surface area contributed by atoms with Crippen molar-refractivity contribution in [1.82, 2.24) is 0 Å². The van der Waals surface area contributed by atoms with Gasteiger partial charge in [0.2, 0.25) is 0 Å². The van der Waals surface area contributed by atoms with Gasteiger partial charge < -0.3 is 9.64 Å². The van der Waals surface area contributed by atoms with E-state index < -0.39 is 0 Å². The Labute approximate surface area is 109 Å². The van der Waals surface area contributed by atoms with E-state index in [1.54, 1.807) is 0 Å². The number of carbonyl (C=O) groups excluding carboxylic acids is 1. The minimum absolute atomic E-state index is 0.0173. The highest BCUT2D eigenvalue weighted by Gasteiger charge is 2.27. The van der Waals surface area contributed by atoms with Crippen molar-refractivity contribution < 1.29 is 9.53 Å². The number of ether oxygens (including phenoxy) is 1. The van der Waals surface area contributed by atoms with E-state index in [1.165, 1.54) is 23.9 Å². The normalized spacial score (nSPS) is 19.7. The van der Waals surface area contributed by atoms with E-state index >= 15 is 0 Å². The molecule has 0 radical (unpaired) electrons. The van der Waals surface area contributed by atoms with Crippen LogP contribution < -0.4 is 4.90 Å². The lowest BCUT2D eigenvalue weighted by molar-refractivity contribution is -0.145. The summed E-state index contributed by atoms with van der Waals surface area (Å²) in [5, 5.41) is 0. The number of piperidine rings is 1. The Hall–Kier alpha value is -1.51. The van der Waals surface area contributed by atoms with Crippen LogP contribution in [0, 0.1) is 19.8 Å². The van der Waals surface area contributed by atoms with Crippen molar-refractivity contribution in [2.45, 2.75) is 26.7 Å². The van der Waals surface area contributed by atoms with Gasteiger partial charge in [-0.15, -0.1) is 0 Å². The Morgan fingerprint density at radius 3 is 2.89 bits per heavy atom. The second-order valence-corrected chi connectivity index (χ2v) is 5.03. The second-order valence-electron chi connectivity index (χ2n) is 5.03. The van der Waals surface area contributed by atoms with E-state index in [-0.39, 0.29) is 11.9 Å². The van der Waals surface area contributed by atoms with E-state index in [0.717, 1.165) is 25.9 Å². The van der Waals surface area contributed by atoms with Crippen molar-refractivity contribution in [3.63, 3.8) is 0 Å². The fourth-order valence-corrected chi connectivity index (χ4v) is 2.63. The van der Waals surface area contributed by atoms with Crippen molar-refractivity contribution in [3.05, 3.63) is 29.3 Å². The van der Waals surface area contributed by atoms with Gasteiger partial charge in [-0.3, -0.25) is 4.79 Å². The Morgan fingerprint density at radius 1 is 1.39 bits per heavy atom. The molecule has 3 heteroatoms. The number of rotatable bonds is 2. The zero-order valence-corrected chi connectivity index (χ0v) is 11.4. The summed E-state index contributed by atoms with van der Waals surface area (Å²) in [7, 11) is 1.47. The fraction of sp³-hybridized carbons (Fsp3) is 0.533. The van der Waals surface area contributed by atoms with Crippen molar-refractivity contribution in [1.29, 1.82) is 0 Å². The number of esters is 1. The van der Waals surface area contributed by atoms with Gasteiger partial charge in [0.15, 0.2) is 0 Å². The van der Waals surface area contributed by atoms with Gasteiger partial charge in [-0.2, -0.15) is 0 Å². The zero-order chi connectivity index (χ0) is 13.1. The molecule has 1 aliphatic rings. The summed E-state index contributed by atoms with van der Waals surface area (Å²) in [6.07, 6.45) is 1.99. The molecular formula is C15H21NO2. The van der Waals surface area contributed by atoms with Gasteiger partial charge in [-0.05, 0) is 43.9 Å². The van der Waals surface area contributed by atoms with Gasteiger partial charge in [-0.1, -0.05) is 12.1 Å². The second kappa shape index (κ2) is 5.42. The molecule has 1 aromatic carbocycles. The molecule has 1 fully saturated rings. The minimum atomic E-state index is -0.0787. The van der Waals surface area contributed by atoms with Gasteiger partial charge in [0.05, 0.1) is 13.0 Å². The Kier molecular flexibility index (Phi) is 3.90. The minimum Gasteiger partial charge on any atom is -0.469 e. The first-order valence-corrected chi connectivity index (χ1v) is 6.52. The summed E-state index contributed by atoms with van der Waals surface area (Å²) in [6.45, 7) is 6.07. The lowest BCUT2D eigenvalue weighted by Gasteiger charge is -2.34. The largest absolute Gasteiger partial charge is 0.469 e. The van der Waals surface area contributed by atoms with Crippen LogP contribution >= 0.6 is 0 Å². The molecule has 0 bridgehead atoms. The number of methoxy groups -OCH3 is 1. The fourth-order valence-electron chi connectivity index (χ4n) is 2.63. The summed E-state index contributed by atoms with van der Waals surface area (Å²) in [4.78, 5) is 14.0. The molecular weight excluding hydrogens is 226 g/mol. The average molecular weight is 247 g/mol. The van der Waals surface area contributed by atoms with Gasteiger partial charge in [0, 0.05) is 18.8 Å². The lowest BCUT2D eigenvalue weighted by Crippen LogP contribution is -2.39. The third-order valence-corrected chi connectivity index (χ3v) is 3.87. The highest BCUT2D eigenvalue weighted by Crippen LogP contribution is 2.28. The van der Waals surface area contributed by atoms with E-state index in [1.807, 2.05) is 0 Å². The molecule has 0 amide bonds. The molecule has 0 N–H and O–H groups in total. The maximum Gasteiger partial charge on any atom is 0.310 e. The van der Waals surface area contributed by atoms with Crippen LogP contribution in [0.4, 0.5) is 5.69 Å². The molecule has 0 spiro atoms. The Balaban J connectivity index is 2.18. The Bertz CT molecular complexity index is 442. The molecule has 1 aromatic rings. The first-order valence-electron chi connectivity index (χ1n) is 6.52. The summed E-state index contributed by atoms with van der Waals surface area (Å²) < 4.78 is 4.86. The SMILES string of the molecule is COC(=O)C1CCCN(c2cccc(C)c2C)C1. The molecule has 0 aromatic heterocycles. The summed E-state index contributed by atoms with van der Waals surface area (Å²) in [5.41, 5.74) is 3.86. The molecule has 18 heavy (non-hydrogen) atoms. The van der Waals surface area contributed by atoms with E-state index in [0.29, 0.717) is 0 Å². The number of hydrogen-bond donors (Lipinski definition) is 0. The maximum atomic E-state index is 11.6. The first-order chi connectivity index (χ1) is 8.63. The van der Waals surface area contributed by atoms with E-state index in [2.05, 4.69) is 36.9 Å². The molecule has 3 nitrogen and oxygen atoms in total. The molecule has 1 aliphatic heterocycles. The highest BCUT2D eigenvalue weighted by atomic mass is 16.5. The molecule has 1 unspecified atom stereocenters. The monoisotopic (exact) mass is 247 g/mol.